The zero-order valence-electron chi connectivity index (χ0n) is 5.34. The highest BCUT2D eigenvalue weighted by molar-refractivity contribution is 5.21. The Labute approximate surface area is 54.0 Å². The quantitative estimate of drug-likeness (QED) is 0.522. The second-order valence-electron chi connectivity index (χ2n) is 2.35. The first-order valence-electron chi connectivity index (χ1n) is 3.01. The van der Waals surface area contributed by atoms with Crippen molar-refractivity contribution in [2.24, 2.45) is 11.7 Å². The molecule has 0 saturated heterocycles. The lowest BCUT2D eigenvalue weighted by Gasteiger charge is -2.15. The second kappa shape index (κ2) is 2.31. The Morgan fingerprint density at radius 1 is 1.67 bits per heavy atom. The number of hydrogen-bond donors (Lipinski definition) is 1. The van der Waals surface area contributed by atoms with Crippen LogP contribution in [-0.4, -0.2) is 6.04 Å². The van der Waals surface area contributed by atoms with Gasteiger partial charge in [0.05, 0.1) is 0 Å². The molecule has 0 amide bonds. The fraction of sp³-hybridized carbons (Fsp3) is 0.429. The van der Waals surface area contributed by atoms with E-state index in [0.29, 0.717) is 0 Å². The minimum absolute atomic E-state index is 0.00972. The molecule has 0 fully saturated rings. The molecule has 0 aromatic rings. The van der Waals surface area contributed by atoms with E-state index in [1.807, 2.05) is 6.92 Å². The predicted molar refractivity (Wildman–Crippen MR) is 35.5 cm³/mol. The molecular weight excluding hydrogens is 117 g/mol. The van der Waals surface area contributed by atoms with Crippen LogP contribution < -0.4 is 5.73 Å². The summed E-state index contributed by atoms with van der Waals surface area (Å²) in [4.78, 5) is 0. The van der Waals surface area contributed by atoms with Crippen molar-refractivity contribution in [3.8, 4) is 0 Å². The zero-order chi connectivity index (χ0) is 6.85. The first kappa shape index (κ1) is 6.49. The summed E-state index contributed by atoms with van der Waals surface area (Å²) in [6.45, 7) is 1.90. The third-order valence-corrected chi connectivity index (χ3v) is 1.51. The van der Waals surface area contributed by atoms with Crippen molar-refractivity contribution in [2.45, 2.75) is 13.0 Å². The van der Waals surface area contributed by atoms with Crippen LogP contribution in [0.3, 0.4) is 0 Å². The molecule has 9 heavy (non-hydrogen) atoms. The van der Waals surface area contributed by atoms with Gasteiger partial charge in [0.25, 0.3) is 0 Å². The molecule has 0 aromatic carbocycles. The van der Waals surface area contributed by atoms with E-state index in [1.54, 1.807) is 6.08 Å². The first-order chi connectivity index (χ1) is 4.20. The Bertz CT molecular complexity index is 160. The van der Waals surface area contributed by atoms with Crippen LogP contribution in [0.1, 0.15) is 6.92 Å². The standard InChI is InChI=1S/C7H10FN/c1-5-4-6(8)2-3-7(5)9/h2-5,7H,9H2,1H3. The first-order valence-corrected chi connectivity index (χ1v) is 3.01. The molecule has 2 heteroatoms. The Balaban J connectivity index is 2.70. The normalized spacial score (nSPS) is 34.3. The van der Waals surface area contributed by atoms with Crippen LogP contribution in [-0.2, 0) is 0 Å². The number of rotatable bonds is 0. The molecule has 2 atom stereocenters. The molecule has 2 unspecified atom stereocenters. The number of nitrogens with two attached hydrogens (primary N) is 1. The van der Waals surface area contributed by atoms with Crippen LogP contribution in [0.2, 0.25) is 0 Å². The van der Waals surface area contributed by atoms with Crippen LogP contribution in [0.15, 0.2) is 24.1 Å². The van der Waals surface area contributed by atoms with Crippen molar-refractivity contribution >= 4 is 0 Å². The summed E-state index contributed by atoms with van der Waals surface area (Å²) in [5.74, 6) is -0.0424. The topological polar surface area (TPSA) is 26.0 Å². The largest absolute Gasteiger partial charge is 0.324 e. The summed E-state index contributed by atoms with van der Waals surface area (Å²) < 4.78 is 12.3. The Morgan fingerprint density at radius 2 is 2.33 bits per heavy atom. The van der Waals surface area contributed by atoms with Gasteiger partial charge in [0.15, 0.2) is 0 Å². The van der Waals surface area contributed by atoms with Gasteiger partial charge in [-0.3, -0.25) is 0 Å². The molecule has 2 N–H and O–H groups in total. The van der Waals surface area contributed by atoms with Crippen LogP contribution in [0.5, 0.6) is 0 Å². The summed E-state index contributed by atoms with van der Waals surface area (Å²) in [6.07, 6.45) is 4.62. The van der Waals surface area contributed by atoms with Gasteiger partial charge in [-0.25, -0.2) is 4.39 Å². The minimum Gasteiger partial charge on any atom is -0.324 e. The molecule has 50 valence electrons. The molecule has 0 spiro atoms. The predicted octanol–water partition coefficient (Wildman–Crippen LogP) is 1.37. The zero-order valence-corrected chi connectivity index (χ0v) is 5.34. The molecular formula is C7H10FN. The molecule has 1 aliphatic carbocycles. The summed E-state index contributed by atoms with van der Waals surface area (Å²) in [5.41, 5.74) is 5.54. The van der Waals surface area contributed by atoms with Gasteiger partial charge in [-0.05, 0) is 18.1 Å². The van der Waals surface area contributed by atoms with Crippen LogP contribution in [0.4, 0.5) is 4.39 Å². The molecule has 0 heterocycles. The molecule has 0 aliphatic heterocycles. The van der Waals surface area contributed by atoms with E-state index in [1.165, 1.54) is 12.2 Å². The SMILES string of the molecule is CC1C=C(F)C=CC1N. The molecule has 1 rings (SSSR count). The minimum atomic E-state index is -0.177. The van der Waals surface area contributed by atoms with Crippen LogP contribution >= 0.6 is 0 Å². The maximum absolute atomic E-state index is 12.3. The van der Waals surface area contributed by atoms with E-state index in [2.05, 4.69) is 0 Å². The highest BCUT2D eigenvalue weighted by atomic mass is 19.1. The fourth-order valence-electron chi connectivity index (χ4n) is 0.796. The summed E-state index contributed by atoms with van der Waals surface area (Å²) in [5, 5.41) is 0. The van der Waals surface area contributed by atoms with Gasteiger partial charge in [-0.2, -0.15) is 0 Å². The highest BCUT2D eigenvalue weighted by Gasteiger charge is 2.11. The molecule has 0 bridgehead atoms. The van der Waals surface area contributed by atoms with Crippen molar-refractivity contribution in [2.75, 3.05) is 0 Å². The molecule has 1 aliphatic rings. The van der Waals surface area contributed by atoms with Crippen molar-refractivity contribution < 1.29 is 4.39 Å². The van der Waals surface area contributed by atoms with Crippen LogP contribution in [0, 0.1) is 5.92 Å². The fourth-order valence-corrected chi connectivity index (χ4v) is 0.796. The molecule has 1 nitrogen and oxygen atoms in total. The lowest BCUT2D eigenvalue weighted by molar-refractivity contribution is 0.571. The van der Waals surface area contributed by atoms with Gasteiger partial charge in [0.2, 0.25) is 0 Å². The van der Waals surface area contributed by atoms with Crippen LogP contribution in [0.25, 0.3) is 0 Å². The molecule has 0 saturated carbocycles. The van der Waals surface area contributed by atoms with Gasteiger partial charge in [0.1, 0.15) is 5.83 Å². The second-order valence-corrected chi connectivity index (χ2v) is 2.35. The van der Waals surface area contributed by atoms with Gasteiger partial charge < -0.3 is 5.73 Å². The van der Waals surface area contributed by atoms with E-state index in [9.17, 15) is 4.39 Å². The average molecular weight is 127 g/mol. The smallest absolute Gasteiger partial charge is 0.119 e. The molecule has 0 aromatic heterocycles. The van der Waals surface area contributed by atoms with Crippen molar-refractivity contribution in [1.29, 1.82) is 0 Å². The molecule has 0 radical (unpaired) electrons. The van der Waals surface area contributed by atoms with E-state index in [-0.39, 0.29) is 17.8 Å². The number of halogens is 1. The summed E-state index contributed by atoms with van der Waals surface area (Å²) in [7, 11) is 0. The van der Waals surface area contributed by atoms with Gasteiger partial charge in [0, 0.05) is 6.04 Å². The van der Waals surface area contributed by atoms with Gasteiger partial charge in [-0.1, -0.05) is 13.0 Å². The van der Waals surface area contributed by atoms with Crippen molar-refractivity contribution in [3.63, 3.8) is 0 Å². The number of hydrogen-bond acceptors (Lipinski definition) is 1. The third-order valence-electron chi connectivity index (χ3n) is 1.51. The van der Waals surface area contributed by atoms with E-state index < -0.39 is 0 Å². The summed E-state index contributed by atoms with van der Waals surface area (Å²) >= 11 is 0. The van der Waals surface area contributed by atoms with E-state index in [0.717, 1.165) is 0 Å². The van der Waals surface area contributed by atoms with E-state index >= 15 is 0 Å². The maximum atomic E-state index is 12.3. The van der Waals surface area contributed by atoms with Crippen molar-refractivity contribution in [1.82, 2.24) is 0 Å². The lowest BCUT2D eigenvalue weighted by atomic mass is 9.98. The Morgan fingerprint density at radius 3 is 2.78 bits per heavy atom. The van der Waals surface area contributed by atoms with Crippen molar-refractivity contribution in [3.05, 3.63) is 24.1 Å². The van der Waals surface area contributed by atoms with Gasteiger partial charge >= 0.3 is 0 Å². The summed E-state index contributed by atoms with van der Waals surface area (Å²) in [6, 6.07) is -0.00972. The highest BCUT2D eigenvalue weighted by Crippen LogP contribution is 2.15. The maximum Gasteiger partial charge on any atom is 0.119 e. The Kier molecular flexibility index (Phi) is 1.67. The van der Waals surface area contributed by atoms with E-state index in [4.69, 9.17) is 5.73 Å². The number of allylic oxidation sites excluding steroid dienone is 2. The monoisotopic (exact) mass is 127 g/mol. The lowest BCUT2D eigenvalue weighted by Crippen LogP contribution is -2.26. The third kappa shape index (κ3) is 1.39. The van der Waals surface area contributed by atoms with Gasteiger partial charge in [-0.15, -0.1) is 0 Å². The Hall–Kier alpha value is -0.630. The average Bonchev–Trinajstić information content (AvgIpc) is 1.80.